The zero-order valence-electron chi connectivity index (χ0n) is 10.7. The quantitative estimate of drug-likeness (QED) is 0.859. The van der Waals surface area contributed by atoms with Crippen LogP contribution in [0.1, 0.15) is 23.8 Å². The summed E-state index contributed by atoms with van der Waals surface area (Å²) in [6.07, 6.45) is 2.46. The van der Waals surface area contributed by atoms with E-state index in [4.69, 9.17) is 4.74 Å². The smallest absolute Gasteiger partial charge is 0.276 e. The Balaban J connectivity index is 2.13. The number of hydrogen-bond donors (Lipinski definition) is 1. The van der Waals surface area contributed by atoms with Crippen LogP contribution in [0.25, 0.3) is 0 Å². The molecule has 1 aromatic heterocycles. The van der Waals surface area contributed by atoms with Gasteiger partial charge in [-0.15, -0.1) is 0 Å². The summed E-state index contributed by atoms with van der Waals surface area (Å²) >= 11 is 0. The number of nitrogens with zero attached hydrogens (tertiary/aromatic N) is 2. The van der Waals surface area contributed by atoms with Gasteiger partial charge in [-0.25, -0.2) is 4.98 Å². The normalized spacial score (nSPS) is 24.0. The first-order chi connectivity index (χ1) is 8.63. The minimum atomic E-state index is -0.234. The number of aromatic nitrogens is 1. The van der Waals surface area contributed by atoms with Crippen LogP contribution in [0, 0.1) is 5.92 Å². The Bertz CT molecular complexity index is 436. The fraction of sp³-hybridized carbons (Fsp3) is 0.538. The predicted molar refractivity (Wildman–Crippen MR) is 66.4 cm³/mol. The molecule has 0 aromatic carbocycles. The number of piperidine rings is 1. The lowest BCUT2D eigenvalue weighted by atomic mass is 9.95. The molecular formula is C13H18N2O3. The lowest BCUT2D eigenvalue weighted by molar-refractivity contribution is -0.00187. The Hall–Kier alpha value is -1.62. The van der Waals surface area contributed by atoms with Crippen molar-refractivity contribution >= 4 is 5.91 Å². The van der Waals surface area contributed by atoms with Gasteiger partial charge in [0.2, 0.25) is 0 Å². The van der Waals surface area contributed by atoms with Crippen molar-refractivity contribution in [2.75, 3.05) is 20.2 Å². The molecule has 1 aliphatic heterocycles. The number of ether oxygens (including phenoxy) is 1. The fourth-order valence-electron chi connectivity index (χ4n) is 2.24. The molecule has 0 aliphatic carbocycles. The zero-order chi connectivity index (χ0) is 13.1. The van der Waals surface area contributed by atoms with Crippen LogP contribution in [0.15, 0.2) is 18.3 Å². The molecule has 0 bridgehead atoms. The molecule has 0 saturated carbocycles. The summed E-state index contributed by atoms with van der Waals surface area (Å²) in [5.74, 6) is 0.133. The number of pyridine rings is 1. The second-order valence-electron chi connectivity index (χ2n) is 4.66. The molecule has 5 nitrogen and oxygen atoms in total. The van der Waals surface area contributed by atoms with Gasteiger partial charge in [0.15, 0.2) is 5.69 Å². The largest absolute Gasteiger partial charge is 0.505 e. The van der Waals surface area contributed by atoms with Crippen molar-refractivity contribution in [2.24, 2.45) is 5.92 Å². The van der Waals surface area contributed by atoms with Crippen LogP contribution in [0.3, 0.4) is 0 Å². The molecular weight excluding hydrogens is 232 g/mol. The van der Waals surface area contributed by atoms with E-state index < -0.39 is 0 Å². The van der Waals surface area contributed by atoms with Crippen molar-refractivity contribution in [1.82, 2.24) is 9.88 Å². The Labute approximate surface area is 106 Å². The van der Waals surface area contributed by atoms with Gasteiger partial charge in [-0.2, -0.15) is 0 Å². The second kappa shape index (κ2) is 5.35. The van der Waals surface area contributed by atoms with E-state index in [9.17, 15) is 9.90 Å². The number of carbonyl (C=O) groups excluding carboxylic acids is 1. The lowest BCUT2D eigenvalue weighted by Crippen LogP contribution is -2.46. The highest BCUT2D eigenvalue weighted by Gasteiger charge is 2.30. The van der Waals surface area contributed by atoms with Crippen molar-refractivity contribution in [2.45, 2.75) is 19.4 Å². The predicted octanol–water partition coefficient (Wildman–Crippen LogP) is 1.28. The highest BCUT2D eigenvalue weighted by atomic mass is 16.5. The van der Waals surface area contributed by atoms with Crippen molar-refractivity contribution < 1.29 is 14.6 Å². The summed E-state index contributed by atoms with van der Waals surface area (Å²) in [7, 11) is 1.66. The van der Waals surface area contributed by atoms with Gasteiger partial charge >= 0.3 is 0 Å². The lowest BCUT2D eigenvalue weighted by Gasteiger charge is -2.36. The summed E-state index contributed by atoms with van der Waals surface area (Å²) < 4.78 is 5.37. The molecule has 18 heavy (non-hydrogen) atoms. The van der Waals surface area contributed by atoms with Crippen LogP contribution in [-0.4, -0.2) is 47.2 Å². The molecule has 1 aromatic rings. The fourth-order valence-corrected chi connectivity index (χ4v) is 2.24. The third-order valence-electron chi connectivity index (χ3n) is 3.47. The van der Waals surface area contributed by atoms with Gasteiger partial charge in [-0.05, 0) is 24.5 Å². The van der Waals surface area contributed by atoms with Crippen molar-refractivity contribution in [3.63, 3.8) is 0 Å². The standard InChI is InChI=1S/C13H18N2O3/c1-9-5-7-15(8-11(9)18-2)13(17)12-10(16)4-3-6-14-12/h3-4,6,9,11,16H,5,7-8H2,1-2H3. The first kappa shape index (κ1) is 12.8. The van der Waals surface area contributed by atoms with E-state index in [-0.39, 0.29) is 23.5 Å². The van der Waals surface area contributed by atoms with Gasteiger partial charge in [0, 0.05) is 26.4 Å². The number of methoxy groups -OCH3 is 1. The van der Waals surface area contributed by atoms with Crippen molar-refractivity contribution in [3.05, 3.63) is 24.0 Å². The molecule has 1 N–H and O–H groups in total. The van der Waals surface area contributed by atoms with E-state index in [1.165, 1.54) is 12.3 Å². The highest BCUT2D eigenvalue weighted by molar-refractivity contribution is 5.94. The first-order valence-electron chi connectivity index (χ1n) is 6.09. The Morgan fingerprint density at radius 2 is 2.39 bits per heavy atom. The molecule has 1 aliphatic rings. The van der Waals surface area contributed by atoms with Crippen molar-refractivity contribution in [3.8, 4) is 5.75 Å². The van der Waals surface area contributed by atoms with Gasteiger partial charge in [-0.3, -0.25) is 4.79 Å². The summed E-state index contributed by atoms with van der Waals surface area (Å²) in [5, 5.41) is 9.65. The van der Waals surface area contributed by atoms with Crippen molar-refractivity contribution in [1.29, 1.82) is 0 Å². The molecule has 98 valence electrons. The number of carbonyl (C=O) groups is 1. The maximum absolute atomic E-state index is 12.2. The topological polar surface area (TPSA) is 62.7 Å². The van der Waals surface area contributed by atoms with Crippen LogP contribution in [0.4, 0.5) is 0 Å². The first-order valence-corrected chi connectivity index (χ1v) is 6.09. The average Bonchev–Trinajstić information content (AvgIpc) is 2.39. The number of aromatic hydroxyl groups is 1. The number of hydrogen-bond acceptors (Lipinski definition) is 4. The van der Waals surface area contributed by atoms with Gasteiger partial charge in [0.1, 0.15) is 5.75 Å². The molecule has 5 heteroatoms. The number of amides is 1. The summed E-state index contributed by atoms with van der Waals surface area (Å²) in [5.41, 5.74) is 0.113. The zero-order valence-corrected chi connectivity index (χ0v) is 10.7. The van der Waals surface area contributed by atoms with E-state index in [0.29, 0.717) is 19.0 Å². The number of rotatable bonds is 2. The molecule has 1 amide bonds. The SMILES string of the molecule is COC1CN(C(=O)c2ncccc2O)CCC1C. The van der Waals surface area contributed by atoms with E-state index in [1.807, 2.05) is 0 Å². The second-order valence-corrected chi connectivity index (χ2v) is 4.66. The van der Waals surface area contributed by atoms with E-state index in [2.05, 4.69) is 11.9 Å². The monoisotopic (exact) mass is 250 g/mol. The maximum Gasteiger partial charge on any atom is 0.276 e. The molecule has 1 saturated heterocycles. The molecule has 2 atom stereocenters. The maximum atomic E-state index is 12.2. The van der Waals surface area contributed by atoms with Crippen LogP contribution in [-0.2, 0) is 4.74 Å². The molecule has 2 rings (SSSR count). The van der Waals surface area contributed by atoms with E-state index in [0.717, 1.165) is 6.42 Å². The van der Waals surface area contributed by atoms with Crippen LogP contribution >= 0.6 is 0 Å². The van der Waals surface area contributed by atoms with Gasteiger partial charge in [0.05, 0.1) is 6.10 Å². The Morgan fingerprint density at radius 1 is 1.61 bits per heavy atom. The third kappa shape index (κ3) is 2.46. The highest BCUT2D eigenvalue weighted by Crippen LogP contribution is 2.22. The number of likely N-dealkylation sites (tertiary alicyclic amines) is 1. The molecule has 0 radical (unpaired) electrons. The Morgan fingerprint density at radius 3 is 3.06 bits per heavy atom. The van der Waals surface area contributed by atoms with Gasteiger partial charge < -0.3 is 14.7 Å². The summed E-state index contributed by atoms with van der Waals surface area (Å²) in [4.78, 5) is 17.9. The van der Waals surface area contributed by atoms with Crippen LogP contribution in [0.5, 0.6) is 5.75 Å². The molecule has 0 spiro atoms. The van der Waals surface area contributed by atoms with E-state index >= 15 is 0 Å². The van der Waals surface area contributed by atoms with E-state index in [1.54, 1.807) is 18.1 Å². The van der Waals surface area contributed by atoms with Gasteiger partial charge in [0.25, 0.3) is 5.91 Å². The minimum Gasteiger partial charge on any atom is -0.505 e. The average molecular weight is 250 g/mol. The minimum absolute atomic E-state index is 0.0496. The molecule has 1 fully saturated rings. The van der Waals surface area contributed by atoms with Gasteiger partial charge in [-0.1, -0.05) is 6.92 Å². The Kier molecular flexibility index (Phi) is 3.81. The third-order valence-corrected chi connectivity index (χ3v) is 3.47. The van der Waals surface area contributed by atoms with Crippen LogP contribution in [0.2, 0.25) is 0 Å². The summed E-state index contributed by atoms with van der Waals surface area (Å²) in [6, 6.07) is 3.07. The molecule has 2 heterocycles. The van der Waals surface area contributed by atoms with Crippen LogP contribution < -0.4 is 0 Å². The summed E-state index contributed by atoms with van der Waals surface area (Å²) in [6.45, 7) is 3.34. The molecule has 2 unspecified atom stereocenters.